The minimum Gasteiger partial charge on any atom is -0.325 e. The Morgan fingerprint density at radius 1 is 1.20 bits per heavy atom. The third-order valence-corrected chi connectivity index (χ3v) is 4.96. The van der Waals surface area contributed by atoms with Gasteiger partial charge in [0, 0.05) is 10.7 Å². The van der Waals surface area contributed by atoms with Crippen LogP contribution in [0.4, 0.5) is 5.69 Å². The number of carbonyl (C=O) groups is 2. The normalized spacial score (nSPS) is 11.9. The second-order valence-electron chi connectivity index (χ2n) is 5.80. The monoisotopic (exact) mass is 377 g/mol. The molecule has 2 rings (SSSR count). The number of hydrogen-bond donors (Lipinski definition) is 1. The minimum absolute atomic E-state index is 0.113. The van der Waals surface area contributed by atoms with Gasteiger partial charge in [0.25, 0.3) is 0 Å². The van der Waals surface area contributed by atoms with Gasteiger partial charge in [0.05, 0.1) is 16.5 Å². The lowest BCUT2D eigenvalue weighted by atomic mass is 10.2. The first-order valence-electron chi connectivity index (χ1n) is 7.79. The predicted octanol–water partition coefficient (Wildman–Crippen LogP) is 4.38. The van der Waals surface area contributed by atoms with Gasteiger partial charge < -0.3 is 5.32 Å². The van der Waals surface area contributed by atoms with E-state index in [0.29, 0.717) is 32.8 Å². The van der Waals surface area contributed by atoms with Crippen molar-refractivity contribution in [3.05, 3.63) is 45.9 Å². The van der Waals surface area contributed by atoms with E-state index in [0.717, 1.165) is 5.56 Å². The molecule has 7 heteroatoms. The molecule has 1 aromatic carbocycles. The van der Waals surface area contributed by atoms with Crippen molar-refractivity contribution in [2.75, 3.05) is 5.32 Å². The highest BCUT2D eigenvalue weighted by Gasteiger charge is 2.21. The maximum Gasteiger partial charge on any atom is 0.237 e. The van der Waals surface area contributed by atoms with E-state index in [1.165, 1.54) is 18.7 Å². The molecule has 0 saturated heterocycles. The number of carbonyl (C=O) groups excluding carboxylic acids is 2. The van der Waals surface area contributed by atoms with Gasteiger partial charge in [-0.1, -0.05) is 29.4 Å². The van der Waals surface area contributed by atoms with E-state index >= 15 is 0 Å². The van der Waals surface area contributed by atoms with Crippen molar-refractivity contribution in [3.8, 4) is 0 Å². The summed E-state index contributed by atoms with van der Waals surface area (Å²) in [6, 6.07) is 5.34. The summed E-state index contributed by atoms with van der Waals surface area (Å²) in [5, 5.41) is 3.52. The Hall–Kier alpha value is -1.92. The van der Waals surface area contributed by atoms with Crippen molar-refractivity contribution in [3.63, 3.8) is 0 Å². The van der Waals surface area contributed by atoms with Crippen LogP contribution in [0.1, 0.15) is 41.3 Å². The quantitative estimate of drug-likeness (QED) is 0.475. The van der Waals surface area contributed by atoms with E-state index in [4.69, 9.17) is 11.6 Å². The third-order valence-electron chi connectivity index (χ3n) is 3.64. The second kappa shape index (κ2) is 7.97. The van der Waals surface area contributed by atoms with Crippen LogP contribution < -0.4 is 5.32 Å². The molecule has 0 saturated carbocycles. The molecular weight excluding hydrogens is 358 g/mol. The molecule has 0 aliphatic carbocycles. The van der Waals surface area contributed by atoms with Crippen molar-refractivity contribution in [1.29, 1.82) is 0 Å². The van der Waals surface area contributed by atoms with Gasteiger partial charge in [-0.25, -0.2) is 9.97 Å². The number of ketones is 1. The molecule has 2 aromatic rings. The number of Topliss-reactive ketones (excluding diaryl/α,β-unsaturated/α-hetero) is 1. The minimum atomic E-state index is -0.440. The fourth-order valence-electron chi connectivity index (χ4n) is 2.36. The van der Waals surface area contributed by atoms with Crippen LogP contribution in [0, 0.1) is 20.8 Å². The molecule has 0 fully saturated rings. The van der Waals surface area contributed by atoms with Gasteiger partial charge in [-0.2, -0.15) is 0 Å². The van der Waals surface area contributed by atoms with Crippen molar-refractivity contribution >= 4 is 40.7 Å². The van der Waals surface area contributed by atoms with E-state index in [1.54, 1.807) is 32.9 Å². The molecule has 0 unspecified atom stereocenters. The summed E-state index contributed by atoms with van der Waals surface area (Å²) in [6.45, 7) is 8.69. The van der Waals surface area contributed by atoms with E-state index in [1.807, 2.05) is 13.0 Å². The first-order chi connectivity index (χ1) is 11.7. The lowest BCUT2D eigenvalue weighted by molar-refractivity contribution is -0.115. The number of hydrogen-bond acceptors (Lipinski definition) is 5. The molecule has 25 heavy (non-hydrogen) atoms. The first-order valence-corrected chi connectivity index (χ1v) is 9.04. The summed E-state index contributed by atoms with van der Waals surface area (Å²) in [4.78, 5) is 33.0. The van der Waals surface area contributed by atoms with Gasteiger partial charge in [-0.05, 0) is 52.3 Å². The van der Waals surface area contributed by atoms with Crippen LogP contribution in [0.5, 0.6) is 0 Å². The first kappa shape index (κ1) is 19.4. The van der Waals surface area contributed by atoms with Crippen molar-refractivity contribution in [2.45, 2.75) is 44.9 Å². The lowest BCUT2D eigenvalue weighted by Gasteiger charge is -2.15. The zero-order valence-electron chi connectivity index (χ0n) is 14.8. The van der Waals surface area contributed by atoms with E-state index < -0.39 is 5.25 Å². The SMILES string of the molecule is CC(=O)c1c(C)nc(C)nc1S[C@H](C)C(=O)Nc1cc(Cl)ccc1C. The summed E-state index contributed by atoms with van der Waals surface area (Å²) in [7, 11) is 0. The maximum absolute atomic E-state index is 12.5. The fraction of sp³-hybridized carbons (Fsp3) is 0.333. The highest BCUT2D eigenvalue weighted by atomic mass is 35.5. The molecule has 0 aliphatic rings. The number of amides is 1. The Kier molecular flexibility index (Phi) is 6.19. The van der Waals surface area contributed by atoms with Crippen molar-refractivity contribution in [2.24, 2.45) is 0 Å². The number of nitrogens with zero attached hydrogens (tertiary/aromatic N) is 2. The molecule has 0 spiro atoms. The molecule has 1 aromatic heterocycles. The molecule has 1 N–H and O–H groups in total. The van der Waals surface area contributed by atoms with Gasteiger partial charge in [0.15, 0.2) is 5.78 Å². The molecule has 0 radical (unpaired) electrons. The fourth-order valence-corrected chi connectivity index (χ4v) is 3.62. The number of benzene rings is 1. The Bertz CT molecular complexity index is 839. The van der Waals surface area contributed by atoms with Crippen LogP contribution in [0.3, 0.4) is 0 Å². The lowest BCUT2D eigenvalue weighted by Crippen LogP contribution is -2.23. The second-order valence-corrected chi connectivity index (χ2v) is 7.57. The van der Waals surface area contributed by atoms with Crippen LogP contribution in [0.25, 0.3) is 0 Å². The van der Waals surface area contributed by atoms with Gasteiger partial charge in [-0.15, -0.1) is 0 Å². The van der Waals surface area contributed by atoms with Crippen LogP contribution in [-0.2, 0) is 4.79 Å². The molecule has 1 amide bonds. The molecule has 5 nitrogen and oxygen atoms in total. The average molecular weight is 378 g/mol. The summed E-state index contributed by atoms with van der Waals surface area (Å²) >= 11 is 7.24. The predicted molar refractivity (Wildman–Crippen MR) is 102 cm³/mol. The number of nitrogens with one attached hydrogen (secondary N) is 1. The number of halogens is 1. The van der Waals surface area contributed by atoms with Crippen LogP contribution >= 0.6 is 23.4 Å². The van der Waals surface area contributed by atoms with E-state index in [-0.39, 0.29) is 11.7 Å². The van der Waals surface area contributed by atoms with Crippen LogP contribution in [-0.4, -0.2) is 26.9 Å². The van der Waals surface area contributed by atoms with Gasteiger partial charge in [0.2, 0.25) is 5.91 Å². The summed E-state index contributed by atoms with van der Waals surface area (Å²) in [5.74, 6) is 0.278. The average Bonchev–Trinajstić information content (AvgIpc) is 2.49. The molecule has 1 atom stereocenters. The van der Waals surface area contributed by atoms with Crippen molar-refractivity contribution < 1.29 is 9.59 Å². The Labute approximate surface area is 156 Å². The van der Waals surface area contributed by atoms with Crippen LogP contribution in [0.15, 0.2) is 23.2 Å². The zero-order chi connectivity index (χ0) is 18.7. The highest BCUT2D eigenvalue weighted by molar-refractivity contribution is 8.00. The Morgan fingerprint density at radius 3 is 2.52 bits per heavy atom. The number of aromatic nitrogens is 2. The smallest absolute Gasteiger partial charge is 0.237 e. The third kappa shape index (κ3) is 4.80. The summed E-state index contributed by atoms with van der Waals surface area (Å²) in [5.41, 5.74) is 2.69. The highest BCUT2D eigenvalue weighted by Crippen LogP contribution is 2.28. The topological polar surface area (TPSA) is 72.0 Å². The molecular formula is C18H20ClN3O2S. The number of rotatable bonds is 5. The van der Waals surface area contributed by atoms with Gasteiger partial charge in [0.1, 0.15) is 10.9 Å². The summed E-state index contributed by atoms with van der Waals surface area (Å²) in [6.07, 6.45) is 0. The number of aryl methyl sites for hydroxylation is 3. The largest absolute Gasteiger partial charge is 0.325 e. The summed E-state index contributed by atoms with van der Waals surface area (Å²) < 4.78 is 0. The number of thioether (sulfide) groups is 1. The van der Waals surface area contributed by atoms with Gasteiger partial charge >= 0.3 is 0 Å². The van der Waals surface area contributed by atoms with Gasteiger partial charge in [-0.3, -0.25) is 9.59 Å². The van der Waals surface area contributed by atoms with Crippen molar-refractivity contribution in [1.82, 2.24) is 9.97 Å². The Morgan fingerprint density at radius 2 is 1.88 bits per heavy atom. The maximum atomic E-state index is 12.5. The standard InChI is InChI=1S/C18H20ClN3O2S/c1-9-6-7-14(19)8-15(9)22-17(24)12(4)25-18-16(11(3)23)10(2)20-13(5)21-18/h6-8,12H,1-5H3,(H,22,24)/t12-/m1/s1. The molecule has 0 aliphatic heterocycles. The van der Waals surface area contributed by atoms with E-state index in [9.17, 15) is 9.59 Å². The van der Waals surface area contributed by atoms with E-state index in [2.05, 4.69) is 15.3 Å². The number of anilines is 1. The zero-order valence-corrected chi connectivity index (χ0v) is 16.4. The van der Waals surface area contributed by atoms with Crippen LogP contribution in [0.2, 0.25) is 5.02 Å². The molecule has 1 heterocycles. The molecule has 0 bridgehead atoms. The molecule has 132 valence electrons. The Balaban J connectivity index is 2.22.